The summed E-state index contributed by atoms with van der Waals surface area (Å²) in [4.78, 5) is 7.82. The van der Waals surface area contributed by atoms with Gasteiger partial charge in [-0.25, -0.2) is 4.98 Å². The van der Waals surface area contributed by atoms with E-state index in [0.29, 0.717) is 0 Å². The first kappa shape index (κ1) is 12.6. The van der Waals surface area contributed by atoms with Crippen molar-refractivity contribution in [3.05, 3.63) is 16.1 Å². The van der Waals surface area contributed by atoms with Crippen LogP contribution in [0.1, 0.15) is 29.7 Å². The van der Waals surface area contributed by atoms with E-state index < -0.39 is 0 Å². The molecule has 0 fully saturated rings. The average molecular weight is 228 g/mol. The zero-order chi connectivity index (χ0) is 11.1. The molecule has 0 aliphatic carbocycles. The molecule has 86 valence electrons. The van der Waals surface area contributed by atoms with E-state index in [9.17, 15) is 0 Å². The quantitative estimate of drug-likeness (QED) is 0.776. The Labute approximate surface area is 95.8 Å². The molecule has 0 spiro atoms. The maximum absolute atomic E-state index is 8.97. The lowest BCUT2D eigenvalue weighted by Gasteiger charge is -2.19. The van der Waals surface area contributed by atoms with Gasteiger partial charge in [-0.3, -0.25) is 4.90 Å². The number of aryl methyl sites for hydroxylation is 1. The molecule has 15 heavy (non-hydrogen) atoms. The third-order valence-corrected chi connectivity index (χ3v) is 3.19. The fourth-order valence-corrected chi connectivity index (χ4v) is 2.33. The van der Waals surface area contributed by atoms with Crippen LogP contribution in [0.3, 0.4) is 0 Å². The van der Waals surface area contributed by atoms with E-state index in [4.69, 9.17) is 5.11 Å². The summed E-state index contributed by atoms with van der Waals surface area (Å²) in [6.45, 7) is 7.20. The lowest BCUT2D eigenvalue weighted by Crippen LogP contribution is -2.27. The molecule has 0 atom stereocenters. The van der Waals surface area contributed by atoms with E-state index in [-0.39, 0.29) is 6.61 Å². The Bertz CT molecular complexity index is 275. The van der Waals surface area contributed by atoms with Crippen molar-refractivity contribution in [3.8, 4) is 0 Å². The van der Waals surface area contributed by atoms with Crippen molar-refractivity contribution >= 4 is 11.3 Å². The maximum Gasteiger partial charge on any atom is 0.0897 e. The van der Waals surface area contributed by atoms with Gasteiger partial charge in [0.2, 0.25) is 0 Å². The Kier molecular flexibility index (Phi) is 5.83. The second kappa shape index (κ2) is 6.93. The van der Waals surface area contributed by atoms with Crippen molar-refractivity contribution in [2.75, 3.05) is 19.7 Å². The van der Waals surface area contributed by atoms with Crippen LogP contribution >= 0.6 is 11.3 Å². The van der Waals surface area contributed by atoms with Crippen molar-refractivity contribution in [3.63, 3.8) is 0 Å². The predicted molar refractivity (Wildman–Crippen MR) is 64.1 cm³/mol. The Morgan fingerprint density at radius 1 is 1.47 bits per heavy atom. The number of aliphatic hydroxyl groups excluding tert-OH is 1. The third-order valence-electron chi connectivity index (χ3n) is 2.29. The molecule has 0 saturated carbocycles. The summed E-state index contributed by atoms with van der Waals surface area (Å²) in [5, 5.41) is 10.1. The number of rotatable bonds is 7. The van der Waals surface area contributed by atoms with Crippen LogP contribution in [0.5, 0.6) is 0 Å². The van der Waals surface area contributed by atoms with Crippen molar-refractivity contribution in [2.24, 2.45) is 0 Å². The molecular weight excluding hydrogens is 208 g/mol. The molecule has 1 aromatic heterocycles. The van der Waals surface area contributed by atoms with E-state index in [2.05, 4.69) is 16.8 Å². The van der Waals surface area contributed by atoms with Crippen LogP contribution in [0.4, 0.5) is 0 Å². The van der Waals surface area contributed by atoms with Crippen LogP contribution in [0, 0.1) is 6.92 Å². The standard InChI is InChI=1S/C11H20N2OS/c1-3-4-5-13(6-7-14)9-11-8-12-10(2)15-11/h8,14H,3-7,9H2,1-2H3. The number of nitrogens with zero attached hydrogens (tertiary/aromatic N) is 2. The zero-order valence-corrected chi connectivity index (χ0v) is 10.4. The minimum Gasteiger partial charge on any atom is -0.395 e. The summed E-state index contributed by atoms with van der Waals surface area (Å²) < 4.78 is 0. The van der Waals surface area contributed by atoms with E-state index in [1.165, 1.54) is 17.7 Å². The SMILES string of the molecule is CCCCN(CCO)Cc1cnc(C)s1. The molecule has 0 aliphatic rings. The van der Waals surface area contributed by atoms with Crippen LogP contribution in [0.25, 0.3) is 0 Å². The van der Waals surface area contributed by atoms with E-state index in [0.717, 1.165) is 24.6 Å². The van der Waals surface area contributed by atoms with Crippen LogP contribution in [0.2, 0.25) is 0 Å². The number of unbranched alkanes of at least 4 members (excludes halogenated alkanes) is 1. The van der Waals surface area contributed by atoms with Crippen molar-refractivity contribution < 1.29 is 5.11 Å². The van der Waals surface area contributed by atoms with Gasteiger partial charge in [0.15, 0.2) is 0 Å². The van der Waals surface area contributed by atoms with Gasteiger partial charge in [-0.05, 0) is 19.9 Å². The number of hydrogen-bond acceptors (Lipinski definition) is 4. The Hall–Kier alpha value is -0.450. The van der Waals surface area contributed by atoms with Crippen LogP contribution in [-0.4, -0.2) is 34.7 Å². The highest BCUT2D eigenvalue weighted by atomic mass is 32.1. The first-order valence-electron chi connectivity index (χ1n) is 5.50. The lowest BCUT2D eigenvalue weighted by atomic mass is 10.3. The Balaban J connectivity index is 2.42. The molecule has 0 radical (unpaired) electrons. The molecule has 0 bridgehead atoms. The fourth-order valence-electron chi connectivity index (χ4n) is 1.49. The second-order valence-electron chi connectivity index (χ2n) is 3.70. The number of aromatic nitrogens is 1. The van der Waals surface area contributed by atoms with Gasteiger partial charge >= 0.3 is 0 Å². The molecule has 0 aromatic carbocycles. The van der Waals surface area contributed by atoms with Gasteiger partial charge in [0.25, 0.3) is 0 Å². The lowest BCUT2D eigenvalue weighted by molar-refractivity contribution is 0.189. The van der Waals surface area contributed by atoms with E-state index in [1.807, 2.05) is 13.1 Å². The molecule has 1 N–H and O–H groups in total. The highest BCUT2D eigenvalue weighted by Gasteiger charge is 2.06. The summed E-state index contributed by atoms with van der Waals surface area (Å²) in [7, 11) is 0. The van der Waals surface area contributed by atoms with Crippen molar-refractivity contribution in [2.45, 2.75) is 33.2 Å². The number of hydrogen-bond donors (Lipinski definition) is 1. The van der Waals surface area contributed by atoms with Crippen molar-refractivity contribution in [1.82, 2.24) is 9.88 Å². The van der Waals surface area contributed by atoms with Gasteiger partial charge in [-0.1, -0.05) is 13.3 Å². The van der Waals surface area contributed by atoms with Crippen LogP contribution in [-0.2, 0) is 6.54 Å². The van der Waals surface area contributed by atoms with Gasteiger partial charge < -0.3 is 5.11 Å². The zero-order valence-electron chi connectivity index (χ0n) is 9.57. The molecular formula is C11H20N2OS. The predicted octanol–water partition coefficient (Wildman–Crippen LogP) is 2.05. The molecule has 0 amide bonds. The minimum absolute atomic E-state index is 0.238. The molecule has 0 unspecified atom stereocenters. The second-order valence-corrected chi connectivity index (χ2v) is 5.02. The molecule has 3 nitrogen and oxygen atoms in total. The normalized spacial score (nSPS) is 11.2. The van der Waals surface area contributed by atoms with E-state index in [1.54, 1.807) is 11.3 Å². The number of thiazole rings is 1. The topological polar surface area (TPSA) is 36.4 Å². The van der Waals surface area contributed by atoms with E-state index >= 15 is 0 Å². The first-order valence-corrected chi connectivity index (χ1v) is 6.32. The third kappa shape index (κ3) is 4.73. The van der Waals surface area contributed by atoms with Crippen LogP contribution in [0.15, 0.2) is 6.20 Å². The smallest absolute Gasteiger partial charge is 0.0897 e. The largest absolute Gasteiger partial charge is 0.395 e. The van der Waals surface area contributed by atoms with Gasteiger partial charge in [-0.15, -0.1) is 11.3 Å². The average Bonchev–Trinajstić information content (AvgIpc) is 2.61. The number of aliphatic hydroxyl groups is 1. The highest BCUT2D eigenvalue weighted by molar-refractivity contribution is 7.11. The molecule has 1 rings (SSSR count). The minimum atomic E-state index is 0.238. The Morgan fingerprint density at radius 3 is 2.80 bits per heavy atom. The highest BCUT2D eigenvalue weighted by Crippen LogP contribution is 2.14. The van der Waals surface area contributed by atoms with Gasteiger partial charge in [0, 0.05) is 24.2 Å². The Morgan fingerprint density at radius 2 is 2.27 bits per heavy atom. The van der Waals surface area contributed by atoms with Crippen molar-refractivity contribution in [1.29, 1.82) is 0 Å². The van der Waals surface area contributed by atoms with Gasteiger partial charge in [0.05, 0.1) is 11.6 Å². The summed E-state index contributed by atoms with van der Waals surface area (Å²) >= 11 is 1.74. The monoisotopic (exact) mass is 228 g/mol. The first-order chi connectivity index (χ1) is 7.26. The summed E-state index contributed by atoms with van der Waals surface area (Å²) in [5.41, 5.74) is 0. The summed E-state index contributed by atoms with van der Waals surface area (Å²) in [5.74, 6) is 0. The van der Waals surface area contributed by atoms with Crippen LogP contribution < -0.4 is 0 Å². The van der Waals surface area contributed by atoms with Gasteiger partial charge in [0.1, 0.15) is 0 Å². The molecule has 1 heterocycles. The maximum atomic E-state index is 8.97. The molecule has 0 saturated heterocycles. The summed E-state index contributed by atoms with van der Waals surface area (Å²) in [6.07, 6.45) is 4.33. The van der Waals surface area contributed by atoms with Gasteiger partial charge in [-0.2, -0.15) is 0 Å². The fraction of sp³-hybridized carbons (Fsp3) is 0.727. The summed E-state index contributed by atoms with van der Waals surface area (Å²) in [6, 6.07) is 0. The molecule has 1 aromatic rings. The molecule has 0 aliphatic heterocycles. The molecule has 4 heteroatoms.